The third kappa shape index (κ3) is 9.46. The predicted molar refractivity (Wildman–Crippen MR) is 149 cm³/mol. The molecule has 0 saturated heterocycles. The fourth-order valence-corrected chi connectivity index (χ4v) is 5.44. The molecule has 0 heterocycles. The lowest BCUT2D eigenvalue weighted by molar-refractivity contribution is 0.107. The lowest BCUT2D eigenvalue weighted by Gasteiger charge is -2.15. The minimum Gasteiger partial charge on any atom is -0.493 e. The normalized spacial score (nSPS) is 12.0. The monoisotopic (exact) mass is 516 g/mol. The van der Waals surface area contributed by atoms with Crippen LogP contribution in [0.4, 0.5) is 0 Å². The number of benzene rings is 3. The number of nitrogens with one attached hydrogen (secondary N) is 1. The van der Waals surface area contributed by atoms with Gasteiger partial charge in [-0.05, 0) is 48.5 Å². The van der Waals surface area contributed by atoms with Crippen LogP contribution in [0.1, 0.15) is 12.0 Å². The lowest BCUT2D eigenvalue weighted by atomic mass is 10.1. The Morgan fingerprint density at radius 2 is 1.77 bits per heavy atom. The van der Waals surface area contributed by atoms with E-state index in [4.69, 9.17) is 19.9 Å². The molecule has 0 amide bonds. The molecule has 0 bridgehead atoms. The summed E-state index contributed by atoms with van der Waals surface area (Å²) in [5.74, 6) is 4.32. The number of nitrogens with two attached hydrogens (primary N) is 1. The summed E-state index contributed by atoms with van der Waals surface area (Å²) < 4.78 is 17.3. The summed E-state index contributed by atoms with van der Waals surface area (Å²) in [5, 5.41) is 15.8. The Bertz CT molecular complexity index is 1020. The van der Waals surface area contributed by atoms with Gasteiger partial charge < -0.3 is 30.4 Å². The van der Waals surface area contributed by atoms with E-state index in [-0.39, 0.29) is 6.61 Å². The third-order valence-corrected chi connectivity index (χ3v) is 7.82. The highest BCUT2D eigenvalue weighted by Crippen LogP contribution is 2.29. The molecule has 8 heteroatoms. The average Bonchev–Trinajstić information content (AvgIpc) is 2.89. The standard InChI is InChI=1S/C27H36N2O4S2/c1-31-27-18-21(10-11-26(27)32-15-5-16-34-35-17-13-28)12-14-29-19-23(30)20-33-25-9-4-7-22-6-2-3-8-24(22)25/h2-4,6-11,18,23,29-30H,5,12-17,19-20,28H2,1H3/t23-/m0/s1. The van der Waals surface area contributed by atoms with Crippen LogP contribution in [-0.4, -0.2) is 62.7 Å². The number of ether oxygens (including phenoxy) is 3. The van der Waals surface area contributed by atoms with Crippen molar-refractivity contribution in [3.05, 3.63) is 66.2 Å². The highest BCUT2D eigenvalue weighted by molar-refractivity contribution is 8.76. The quantitative estimate of drug-likeness (QED) is 0.178. The summed E-state index contributed by atoms with van der Waals surface area (Å²) in [6, 6.07) is 20.1. The Hall–Kier alpha value is -2.10. The van der Waals surface area contributed by atoms with Gasteiger partial charge in [-0.3, -0.25) is 0 Å². The van der Waals surface area contributed by atoms with E-state index in [0.717, 1.165) is 64.5 Å². The molecule has 0 spiro atoms. The Morgan fingerprint density at radius 1 is 0.943 bits per heavy atom. The molecule has 3 aromatic carbocycles. The zero-order valence-corrected chi connectivity index (χ0v) is 21.9. The maximum Gasteiger partial charge on any atom is 0.161 e. The van der Waals surface area contributed by atoms with E-state index >= 15 is 0 Å². The van der Waals surface area contributed by atoms with Crippen molar-refractivity contribution < 1.29 is 19.3 Å². The second-order valence-electron chi connectivity index (χ2n) is 8.02. The molecule has 0 aromatic heterocycles. The first kappa shape index (κ1) is 27.5. The zero-order chi connectivity index (χ0) is 24.7. The molecule has 0 aliphatic rings. The number of rotatable bonds is 17. The van der Waals surface area contributed by atoms with Gasteiger partial charge in [0, 0.05) is 30.0 Å². The van der Waals surface area contributed by atoms with E-state index in [0.29, 0.717) is 19.7 Å². The number of hydrogen-bond donors (Lipinski definition) is 3. The first-order valence-electron chi connectivity index (χ1n) is 11.9. The second kappa shape index (κ2) is 15.8. The van der Waals surface area contributed by atoms with Crippen LogP contribution >= 0.6 is 21.6 Å². The molecule has 0 fully saturated rings. The Labute approximate surface area is 216 Å². The summed E-state index contributed by atoms with van der Waals surface area (Å²) in [5.41, 5.74) is 6.65. The molecule has 0 aliphatic heterocycles. The van der Waals surface area contributed by atoms with Crippen LogP contribution in [0, 0.1) is 0 Å². The number of aliphatic hydroxyl groups excluding tert-OH is 1. The van der Waals surface area contributed by atoms with Crippen molar-refractivity contribution in [1.29, 1.82) is 0 Å². The summed E-state index contributed by atoms with van der Waals surface area (Å²) in [6.45, 7) is 2.82. The first-order valence-corrected chi connectivity index (χ1v) is 14.4. The minimum atomic E-state index is -0.592. The van der Waals surface area contributed by atoms with E-state index in [1.165, 1.54) is 0 Å². The van der Waals surface area contributed by atoms with Crippen molar-refractivity contribution >= 4 is 32.4 Å². The molecule has 3 aromatic rings. The van der Waals surface area contributed by atoms with Gasteiger partial charge in [0.15, 0.2) is 11.5 Å². The molecular weight excluding hydrogens is 480 g/mol. The van der Waals surface area contributed by atoms with Crippen molar-refractivity contribution in [3.8, 4) is 17.2 Å². The summed E-state index contributed by atoms with van der Waals surface area (Å²) >= 11 is 0. The van der Waals surface area contributed by atoms with Crippen molar-refractivity contribution in [1.82, 2.24) is 5.32 Å². The maximum absolute atomic E-state index is 10.3. The highest BCUT2D eigenvalue weighted by atomic mass is 33.1. The Morgan fingerprint density at radius 3 is 2.63 bits per heavy atom. The predicted octanol–water partition coefficient (Wildman–Crippen LogP) is 4.53. The van der Waals surface area contributed by atoms with E-state index in [9.17, 15) is 5.11 Å². The number of hydrogen-bond acceptors (Lipinski definition) is 8. The molecule has 1 atom stereocenters. The minimum absolute atomic E-state index is 0.241. The molecule has 3 rings (SSSR count). The number of aliphatic hydroxyl groups is 1. The average molecular weight is 517 g/mol. The summed E-state index contributed by atoms with van der Waals surface area (Å²) in [6.07, 6.45) is 1.21. The smallest absolute Gasteiger partial charge is 0.161 e. The van der Waals surface area contributed by atoms with Crippen molar-refractivity contribution in [2.75, 3.05) is 51.5 Å². The lowest BCUT2D eigenvalue weighted by Crippen LogP contribution is -2.32. The van der Waals surface area contributed by atoms with Crippen LogP contribution in [0.2, 0.25) is 0 Å². The van der Waals surface area contributed by atoms with Gasteiger partial charge in [-0.1, -0.05) is 64.1 Å². The Kier molecular flexibility index (Phi) is 12.4. The van der Waals surface area contributed by atoms with Crippen LogP contribution in [0.15, 0.2) is 60.7 Å². The van der Waals surface area contributed by atoms with Gasteiger partial charge in [0.05, 0.1) is 13.7 Å². The van der Waals surface area contributed by atoms with Crippen molar-refractivity contribution in [2.45, 2.75) is 18.9 Å². The molecule has 0 unspecified atom stereocenters. The molecule has 0 saturated carbocycles. The molecule has 35 heavy (non-hydrogen) atoms. The molecule has 4 N–H and O–H groups in total. The molecule has 190 valence electrons. The van der Waals surface area contributed by atoms with Gasteiger partial charge in [0.2, 0.25) is 0 Å². The summed E-state index contributed by atoms with van der Waals surface area (Å²) in [4.78, 5) is 0. The van der Waals surface area contributed by atoms with Crippen LogP contribution in [0.25, 0.3) is 10.8 Å². The molecule has 0 radical (unpaired) electrons. The first-order chi connectivity index (χ1) is 17.2. The van der Waals surface area contributed by atoms with Crippen molar-refractivity contribution in [3.63, 3.8) is 0 Å². The van der Waals surface area contributed by atoms with Gasteiger partial charge >= 0.3 is 0 Å². The van der Waals surface area contributed by atoms with Crippen LogP contribution in [0.5, 0.6) is 17.2 Å². The summed E-state index contributed by atoms with van der Waals surface area (Å²) in [7, 11) is 5.30. The number of methoxy groups -OCH3 is 1. The third-order valence-electron chi connectivity index (χ3n) is 5.29. The molecular formula is C27H36N2O4S2. The van der Waals surface area contributed by atoms with Crippen molar-refractivity contribution in [2.24, 2.45) is 5.73 Å². The largest absolute Gasteiger partial charge is 0.493 e. The van der Waals surface area contributed by atoms with Crippen LogP contribution in [0.3, 0.4) is 0 Å². The Balaban J connectivity index is 1.35. The van der Waals surface area contributed by atoms with Crippen LogP contribution < -0.4 is 25.3 Å². The fraction of sp³-hybridized carbons (Fsp3) is 0.407. The second-order valence-corrected chi connectivity index (χ2v) is 10.7. The maximum atomic E-state index is 10.3. The van der Waals surface area contributed by atoms with Gasteiger partial charge in [-0.2, -0.15) is 0 Å². The van der Waals surface area contributed by atoms with Gasteiger partial charge in [-0.25, -0.2) is 0 Å². The van der Waals surface area contributed by atoms with Crippen LogP contribution in [-0.2, 0) is 6.42 Å². The molecule has 6 nitrogen and oxygen atoms in total. The molecule has 0 aliphatic carbocycles. The van der Waals surface area contributed by atoms with Gasteiger partial charge in [0.1, 0.15) is 18.5 Å². The SMILES string of the molecule is COc1cc(CCNC[C@H](O)COc2cccc3ccccc23)ccc1OCCCSSCCN. The van der Waals surface area contributed by atoms with E-state index in [1.54, 1.807) is 17.9 Å². The van der Waals surface area contributed by atoms with E-state index in [1.807, 2.05) is 53.3 Å². The van der Waals surface area contributed by atoms with Gasteiger partial charge in [0.25, 0.3) is 0 Å². The fourth-order valence-electron chi connectivity index (χ4n) is 3.52. The topological polar surface area (TPSA) is 86.0 Å². The number of fused-ring (bicyclic) bond motifs is 1. The zero-order valence-electron chi connectivity index (χ0n) is 20.3. The van der Waals surface area contributed by atoms with E-state index < -0.39 is 6.10 Å². The van der Waals surface area contributed by atoms with Gasteiger partial charge in [-0.15, -0.1) is 0 Å². The van der Waals surface area contributed by atoms with E-state index in [2.05, 4.69) is 23.5 Å². The highest BCUT2D eigenvalue weighted by Gasteiger charge is 2.09.